The predicted molar refractivity (Wildman–Crippen MR) is 69.0 cm³/mol. The van der Waals surface area contributed by atoms with Crippen LogP contribution in [-0.4, -0.2) is 44.8 Å². The summed E-state index contributed by atoms with van der Waals surface area (Å²) in [4.78, 5) is 0. The normalized spacial score (nSPS) is 21.6. The third kappa shape index (κ3) is 4.74. The van der Waals surface area contributed by atoms with E-state index in [-0.39, 0.29) is 5.25 Å². The Morgan fingerprint density at radius 1 is 1.56 bits per heavy atom. The number of piperidine rings is 1. The second kappa shape index (κ2) is 7.17. The van der Waals surface area contributed by atoms with Crippen molar-refractivity contribution in [2.24, 2.45) is 0 Å². The van der Waals surface area contributed by atoms with Crippen molar-refractivity contribution in [2.45, 2.75) is 18.1 Å². The number of thioether (sulfide) groups is 1. The molecule has 92 valence electrons. The average Bonchev–Trinajstić information content (AvgIpc) is 2.30. The molecule has 1 heterocycles. The summed E-state index contributed by atoms with van der Waals surface area (Å²) in [5.74, 6) is 3.86. The summed E-state index contributed by atoms with van der Waals surface area (Å²) in [6.45, 7) is 1.95. The fourth-order valence-corrected chi connectivity index (χ4v) is 3.66. The Bertz CT molecular complexity index is 329. The van der Waals surface area contributed by atoms with Gasteiger partial charge in [-0.2, -0.15) is 0 Å². The van der Waals surface area contributed by atoms with Gasteiger partial charge in [-0.15, -0.1) is 18.2 Å². The molecule has 1 aliphatic heterocycles. The first-order chi connectivity index (χ1) is 7.67. The van der Waals surface area contributed by atoms with Crippen LogP contribution in [0.15, 0.2) is 0 Å². The molecule has 1 saturated heterocycles. The van der Waals surface area contributed by atoms with Crippen LogP contribution in [0.1, 0.15) is 12.8 Å². The highest BCUT2D eigenvalue weighted by atomic mass is 32.2. The number of nitrogens with one attached hydrogen (secondary N) is 2. The molecule has 1 unspecified atom stereocenters. The molecular formula is C10H18N2O2S2. The lowest BCUT2D eigenvalue weighted by atomic mass is 10.2. The quantitative estimate of drug-likeness (QED) is 0.523. The summed E-state index contributed by atoms with van der Waals surface area (Å²) in [6.07, 6.45) is 6.77. The molecule has 0 saturated carbocycles. The van der Waals surface area contributed by atoms with Crippen LogP contribution in [0.4, 0.5) is 0 Å². The van der Waals surface area contributed by atoms with Gasteiger partial charge in [0, 0.05) is 18.8 Å². The lowest BCUT2D eigenvalue weighted by Gasteiger charge is -2.22. The maximum absolute atomic E-state index is 11.8. The number of rotatable bonds is 6. The zero-order chi connectivity index (χ0) is 11.9. The molecule has 16 heavy (non-hydrogen) atoms. The van der Waals surface area contributed by atoms with Crippen molar-refractivity contribution in [1.82, 2.24) is 10.0 Å². The minimum atomic E-state index is -3.15. The van der Waals surface area contributed by atoms with Crippen LogP contribution in [0.3, 0.4) is 0 Å². The van der Waals surface area contributed by atoms with Gasteiger partial charge in [0.15, 0.2) is 0 Å². The Balaban J connectivity index is 2.25. The first-order valence-electron chi connectivity index (χ1n) is 5.37. The summed E-state index contributed by atoms with van der Waals surface area (Å²) in [6, 6.07) is 0. The zero-order valence-electron chi connectivity index (χ0n) is 9.24. The Labute approximate surface area is 102 Å². The average molecular weight is 262 g/mol. The van der Waals surface area contributed by atoms with Crippen molar-refractivity contribution in [3.8, 4) is 12.3 Å². The largest absolute Gasteiger partial charge is 0.315 e. The maximum Gasteiger partial charge on any atom is 0.215 e. The molecule has 0 aromatic heterocycles. The number of sulfonamides is 1. The molecule has 1 aliphatic rings. The van der Waals surface area contributed by atoms with Crippen molar-refractivity contribution in [3.63, 3.8) is 0 Å². The molecule has 6 heteroatoms. The van der Waals surface area contributed by atoms with Gasteiger partial charge in [-0.25, -0.2) is 13.1 Å². The third-order valence-corrected chi connectivity index (χ3v) is 5.18. The van der Waals surface area contributed by atoms with Gasteiger partial charge in [0.2, 0.25) is 10.0 Å². The van der Waals surface area contributed by atoms with E-state index in [2.05, 4.69) is 16.0 Å². The van der Waals surface area contributed by atoms with Gasteiger partial charge in [0.1, 0.15) is 0 Å². The lowest BCUT2D eigenvalue weighted by molar-refractivity contribution is 0.491. The monoisotopic (exact) mass is 262 g/mol. The molecule has 0 radical (unpaired) electrons. The molecular weight excluding hydrogens is 244 g/mol. The zero-order valence-corrected chi connectivity index (χ0v) is 10.9. The Morgan fingerprint density at radius 2 is 2.38 bits per heavy atom. The van der Waals surface area contributed by atoms with E-state index < -0.39 is 10.0 Å². The van der Waals surface area contributed by atoms with Crippen LogP contribution in [0.25, 0.3) is 0 Å². The SMILES string of the molecule is C#CCSCCNS(=O)(=O)C1CCCNC1. The fourth-order valence-electron chi connectivity index (χ4n) is 1.59. The minimum Gasteiger partial charge on any atom is -0.315 e. The van der Waals surface area contributed by atoms with Crippen molar-refractivity contribution in [2.75, 3.05) is 31.1 Å². The molecule has 1 atom stereocenters. The minimum absolute atomic E-state index is 0.279. The van der Waals surface area contributed by atoms with Crippen molar-refractivity contribution in [3.05, 3.63) is 0 Å². The first-order valence-corrected chi connectivity index (χ1v) is 8.07. The van der Waals surface area contributed by atoms with Crippen LogP contribution < -0.4 is 10.0 Å². The Hall–Kier alpha value is -0.220. The van der Waals surface area contributed by atoms with Crippen LogP contribution in [0.2, 0.25) is 0 Å². The van der Waals surface area contributed by atoms with E-state index in [1.165, 1.54) is 0 Å². The molecule has 0 spiro atoms. The van der Waals surface area contributed by atoms with Gasteiger partial charge < -0.3 is 5.32 Å². The fraction of sp³-hybridized carbons (Fsp3) is 0.800. The topological polar surface area (TPSA) is 58.2 Å². The first kappa shape index (κ1) is 13.8. The second-order valence-corrected chi connectivity index (χ2v) is 6.81. The molecule has 1 rings (SSSR count). The van der Waals surface area contributed by atoms with E-state index in [0.717, 1.165) is 25.1 Å². The molecule has 0 bridgehead atoms. The highest BCUT2D eigenvalue weighted by Gasteiger charge is 2.26. The summed E-state index contributed by atoms with van der Waals surface area (Å²) in [5.41, 5.74) is 0. The number of hydrogen-bond donors (Lipinski definition) is 2. The molecule has 0 aliphatic carbocycles. The van der Waals surface area contributed by atoms with Gasteiger partial charge in [0.05, 0.1) is 11.0 Å². The molecule has 0 aromatic rings. The van der Waals surface area contributed by atoms with Crippen LogP contribution in [0, 0.1) is 12.3 Å². The van der Waals surface area contributed by atoms with Gasteiger partial charge in [-0.3, -0.25) is 0 Å². The van der Waals surface area contributed by atoms with E-state index >= 15 is 0 Å². The van der Waals surface area contributed by atoms with Crippen molar-refractivity contribution >= 4 is 21.8 Å². The highest BCUT2D eigenvalue weighted by molar-refractivity contribution is 7.99. The van der Waals surface area contributed by atoms with E-state index in [1.54, 1.807) is 11.8 Å². The highest BCUT2D eigenvalue weighted by Crippen LogP contribution is 2.10. The number of hydrogen-bond acceptors (Lipinski definition) is 4. The van der Waals surface area contributed by atoms with Gasteiger partial charge >= 0.3 is 0 Å². The maximum atomic E-state index is 11.8. The summed E-state index contributed by atoms with van der Waals surface area (Å²) in [7, 11) is -3.15. The Kier molecular flexibility index (Phi) is 6.21. The van der Waals surface area contributed by atoms with Crippen LogP contribution in [-0.2, 0) is 10.0 Å². The van der Waals surface area contributed by atoms with E-state index in [4.69, 9.17) is 6.42 Å². The standard InChI is InChI=1S/C10H18N2O2S2/c1-2-7-15-8-6-12-16(13,14)10-4-3-5-11-9-10/h1,10-12H,3-9H2. The summed E-state index contributed by atoms with van der Waals surface area (Å²) in [5, 5.41) is 2.82. The molecule has 0 aromatic carbocycles. The Morgan fingerprint density at radius 3 is 3.00 bits per heavy atom. The van der Waals surface area contributed by atoms with E-state index in [0.29, 0.717) is 18.8 Å². The van der Waals surface area contributed by atoms with E-state index in [1.807, 2.05) is 0 Å². The smallest absolute Gasteiger partial charge is 0.215 e. The molecule has 0 amide bonds. The lowest BCUT2D eigenvalue weighted by Crippen LogP contribution is -2.44. The predicted octanol–water partition coefficient (Wildman–Crippen LogP) is 0.0242. The van der Waals surface area contributed by atoms with Gasteiger partial charge in [-0.05, 0) is 19.4 Å². The number of terminal acetylenes is 1. The van der Waals surface area contributed by atoms with Crippen molar-refractivity contribution < 1.29 is 8.42 Å². The molecule has 2 N–H and O–H groups in total. The van der Waals surface area contributed by atoms with Gasteiger partial charge in [0.25, 0.3) is 0 Å². The van der Waals surface area contributed by atoms with Gasteiger partial charge in [-0.1, -0.05) is 5.92 Å². The third-order valence-electron chi connectivity index (χ3n) is 2.43. The van der Waals surface area contributed by atoms with Crippen LogP contribution >= 0.6 is 11.8 Å². The summed E-state index contributed by atoms with van der Waals surface area (Å²) >= 11 is 1.56. The molecule has 4 nitrogen and oxygen atoms in total. The summed E-state index contributed by atoms with van der Waals surface area (Å²) < 4.78 is 26.3. The molecule has 1 fully saturated rings. The second-order valence-electron chi connectivity index (χ2n) is 3.66. The van der Waals surface area contributed by atoms with Crippen LogP contribution in [0.5, 0.6) is 0 Å². The van der Waals surface area contributed by atoms with Crippen molar-refractivity contribution in [1.29, 1.82) is 0 Å². The van der Waals surface area contributed by atoms with E-state index in [9.17, 15) is 8.42 Å².